The molecule has 0 aliphatic carbocycles. The second-order valence-corrected chi connectivity index (χ2v) is 12.3. The monoisotopic (exact) mass is 601 g/mol. The van der Waals surface area contributed by atoms with Crippen molar-refractivity contribution in [2.75, 3.05) is 0 Å². The summed E-state index contributed by atoms with van der Waals surface area (Å²) in [4.78, 5) is 16.5. The molecule has 1 aliphatic rings. The fourth-order valence-corrected chi connectivity index (χ4v) is 7.45. The van der Waals surface area contributed by atoms with Crippen LogP contribution in [0.5, 0.6) is 0 Å². The zero-order chi connectivity index (χ0) is 31.2. The fourth-order valence-electron chi connectivity index (χ4n) is 7.45. The van der Waals surface area contributed by atoms with Gasteiger partial charge in [-0.2, -0.15) is 0 Å². The molecule has 3 nitrogen and oxygen atoms in total. The van der Waals surface area contributed by atoms with Crippen molar-refractivity contribution in [3.8, 4) is 0 Å². The van der Waals surface area contributed by atoms with Gasteiger partial charge in [0.1, 0.15) is 0 Å². The van der Waals surface area contributed by atoms with Crippen molar-refractivity contribution < 1.29 is 0 Å². The Bertz CT molecular complexity index is 2240. The number of pyridine rings is 3. The molecule has 0 saturated carbocycles. The van der Waals surface area contributed by atoms with Gasteiger partial charge < -0.3 is 0 Å². The Morgan fingerprint density at radius 1 is 0.277 bits per heavy atom. The number of nitrogens with zero attached hydrogens (tertiary/aromatic N) is 3. The van der Waals surface area contributed by atoms with Crippen molar-refractivity contribution in [3.05, 3.63) is 221 Å². The third-order valence-corrected chi connectivity index (χ3v) is 9.55. The van der Waals surface area contributed by atoms with Crippen molar-refractivity contribution in [1.29, 1.82) is 0 Å². The highest BCUT2D eigenvalue weighted by molar-refractivity contribution is 5.88. The molecule has 2 unspecified atom stereocenters. The molecular formula is C44H31N3. The molecule has 0 saturated heterocycles. The second kappa shape index (κ2) is 11.5. The molecule has 0 spiro atoms. The summed E-state index contributed by atoms with van der Waals surface area (Å²) in [5, 5.41) is 4.84. The normalized spacial score (nSPS) is 17.1. The summed E-state index contributed by atoms with van der Waals surface area (Å²) >= 11 is 0. The van der Waals surface area contributed by atoms with Gasteiger partial charge in [-0.15, -0.1) is 0 Å². The van der Waals surface area contributed by atoms with E-state index in [0.717, 1.165) is 34.2 Å². The third kappa shape index (κ3) is 4.79. The molecule has 3 heteroatoms. The fraction of sp³-hybridized carbons (Fsp3) is 0.0682. The van der Waals surface area contributed by atoms with E-state index in [0.29, 0.717) is 0 Å². The smallest absolute Gasteiger partial charge is 0.0692 e. The molecule has 0 N–H and O–H groups in total. The molecule has 8 aromatic rings. The molecule has 3 aromatic heterocycles. The van der Waals surface area contributed by atoms with Crippen molar-refractivity contribution in [1.82, 2.24) is 15.0 Å². The average molecular weight is 602 g/mol. The first-order chi connectivity index (χ1) is 23.3. The van der Waals surface area contributed by atoms with Crippen molar-refractivity contribution in [3.63, 3.8) is 0 Å². The largest absolute Gasteiger partial charge is 0.256 e. The van der Waals surface area contributed by atoms with Crippen LogP contribution in [-0.2, 0) is 0 Å². The Morgan fingerprint density at radius 2 is 0.617 bits per heavy atom. The topological polar surface area (TPSA) is 38.7 Å². The number of aromatic nitrogens is 3. The summed E-state index contributed by atoms with van der Waals surface area (Å²) in [6, 6.07) is 60.4. The third-order valence-electron chi connectivity index (χ3n) is 9.55. The SMILES string of the molecule is c1ccc(C2c3cccc(n3)C(c3cccc4ccccc34)c3cccc(n3)C(c3cccc4ccccc34)c3cccc2n3)cc1. The number of hydrogen-bond donors (Lipinski definition) is 0. The Hall–Kier alpha value is -5.93. The second-order valence-electron chi connectivity index (χ2n) is 12.3. The maximum atomic E-state index is 5.54. The predicted molar refractivity (Wildman–Crippen MR) is 190 cm³/mol. The Morgan fingerprint density at radius 3 is 1.06 bits per heavy atom. The minimum atomic E-state index is -0.170. The average Bonchev–Trinajstić information content (AvgIpc) is 3.13. The lowest BCUT2D eigenvalue weighted by atomic mass is 9.84. The zero-order valence-electron chi connectivity index (χ0n) is 25.7. The van der Waals surface area contributed by atoms with E-state index in [1.807, 2.05) is 0 Å². The number of hydrogen-bond acceptors (Lipinski definition) is 3. The Kier molecular flexibility index (Phi) is 6.68. The lowest BCUT2D eigenvalue weighted by Crippen LogP contribution is -2.17. The molecule has 0 fully saturated rings. The maximum Gasteiger partial charge on any atom is 0.0692 e. The highest BCUT2D eigenvalue weighted by Gasteiger charge is 2.29. The summed E-state index contributed by atoms with van der Waals surface area (Å²) in [5.74, 6) is -0.476. The van der Waals surface area contributed by atoms with E-state index in [2.05, 4.69) is 170 Å². The molecule has 47 heavy (non-hydrogen) atoms. The lowest BCUT2D eigenvalue weighted by Gasteiger charge is -2.26. The number of fused-ring (bicyclic) bond motifs is 8. The minimum Gasteiger partial charge on any atom is -0.256 e. The predicted octanol–water partition coefficient (Wildman–Crippen LogP) is 10.0. The molecular weight excluding hydrogens is 571 g/mol. The van der Waals surface area contributed by atoms with Gasteiger partial charge in [0.15, 0.2) is 0 Å². The van der Waals surface area contributed by atoms with Gasteiger partial charge in [0.2, 0.25) is 0 Å². The first-order valence-electron chi connectivity index (χ1n) is 16.2. The standard InChI is InChI=1S/C44H31N3/c1-2-15-31(16-3-1)42-36-23-10-25-38(45-36)43(34-21-8-17-29-13-4-6-19-32(29)34)40-27-12-28-41(47-40)44(39-26-11-24-37(42)46-39)35-22-9-18-30-14-5-7-20-33(30)35/h1-28,42-44H. The van der Waals surface area contributed by atoms with Crippen LogP contribution < -0.4 is 0 Å². The van der Waals surface area contributed by atoms with E-state index in [1.54, 1.807) is 0 Å². The van der Waals surface area contributed by atoms with Crippen LogP contribution in [0.2, 0.25) is 0 Å². The molecule has 0 radical (unpaired) electrons. The van der Waals surface area contributed by atoms with Crippen molar-refractivity contribution in [2.24, 2.45) is 0 Å². The molecule has 0 amide bonds. The van der Waals surface area contributed by atoms with Crippen LogP contribution in [0.15, 0.2) is 170 Å². The van der Waals surface area contributed by atoms with E-state index in [9.17, 15) is 0 Å². The molecule has 2 atom stereocenters. The van der Waals surface area contributed by atoms with Gasteiger partial charge >= 0.3 is 0 Å². The van der Waals surface area contributed by atoms with Gasteiger partial charge in [-0.25, -0.2) is 0 Å². The molecule has 1 aliphatic heterocycles. The Balaban J connectivity index is 1.38. The number of benzene rings is 5. The van der Waals surface area contributed by atoms with Crippen LogP contribution in [0.3, 0.4) is 0 Å². The van der Waals surface area contributed by atoms with Crippen LogP contribution in [0, 0.1) is 0 Å². The summed E-state index contributed by atoms with van der Waals surface area (Å²) < 4.78 is 0. The van der Waals surface area contributed by atoms with Gasteiger partial charge in [-0.05, 0) is 74.6 Å². The lowest BCUT2D eigenvalue weighted by molar-refractivity contribution is 0.775. The van der Waals surface area contributed by atoms with Crippen LogP contribution in [0.4, 0.5) is 0 Å². The molecule has 222 valence electrons. The first kappa shape index (κ1) is 27.4. The van der Waals surface area contributed by atoms with Crippen LogP contribution in [0.1, 0.15) is 68.6 Å². The van der Waals surface area contributed by atoms with Gasteiger partial charge in [0, 0.05) is 0 Å². The van der Waals surface area contributed by atoms with Crippen molar-refractivity contribution >= 4 is 21.5 Å². The van der Waals surface area contributed by atoms with Gasteiger partial charge in [0.25, 0.3) is 0 Å². The molecule has 9 rings (SSSR count). The molecule has 5 aromatic carbocycles. The van der Waals surface area contributed by atoms with E-state index < -0.39 is 0 Å². The number of rotatable bonds is 3. The highest BCUT2D eigenvalue weighted by Crippen LogP contribution is 2.41. The zero-order valence-corrected chi connectivity index (χ0v) is 25.7. The first-order valence-corrected chi connectivity index (χ1v) is 16.2. The highest BCUT2D eigenvalue weighted by atomic mass is 14.8. The van der Waals surface area contributed by atoms with E-state index in [4.69, 9.17) is 15.0 Å². The quantitative estimate of drug-likeness (QED) is 0.202. The molecule has 6 bridgehead atoms. The summed E-state index contributed by atoms with van der Waals surface area (Å²) in [7, 11) is 0. The van der Waals surface area contributed by atoms with Crippen LogP contribution in [0.25, 0.3) is 21.5 Å². The maximum absolute atomic E-state index is 5.54. The van der Waals surface area contributed by atoms with Crippen molar-refractivity contribution in [2.45, 2.75) is 17.8 Å². The summed E-state index contributed by atoms with van der Waals surface area (Å²) in [6.07, 6.45) is 0. The summed E-state index contributed by atoms with van der Waals surface area (Å²) in [6.45, 7) is 0. The molecule has 4 heterocycles. The van der Waals surface area contributed by atoms with Crippen LogP contribution in [-0.4, -0.2) is 15.0 Å². The van der Waals surface area contributed by atoms with Gasteiger partial charge in [-0.3, -0.25) is 15.0 Å². The van der Waals surface area contributed by atoms with Gasteiger partial charge in [0.05, 0.1) is 51.9 Å². The van der Waals surface area contributed by atoms with E-state index >= 15 is 0 Å². The van der Waals surface area contributed by atoms with Crippen LogP contribution >= 0.6 is 0 Å². The van der Waals surface area contributed by atoms with E-state index in [1.165, 1.54) is 38.2 Å². The summed E-state index contributed by atoms with van der Waals surface area (Å²) in [5.41, 5.74) is 9.41. The van der Waals surface area contributed by atoms with Gasteiger partial charge in [-0.1, -0.05) is 133 Å². The minimum absolute atomic E-state index is 0.136. The van der Waals surface area contributed by atoms with E-state index in [-0.39, 0.29) is 17.8 Å². The Labute approximate surface area is 274 Å².